The first-order valence-electron chi connectivity index (χ1n) is 5.80. The molecule has 0 radical (unpaired) electrons. The van der Waals surface area contributed by atoms with Crippen LogP contribution in [-0.2, 0) is 6.42 Å². The molecule has 0 aliphatic carbocycles. The zero-order chi connectivity index (χ0) is 11.4. The third-order valence-corrected chi connectivity index (χ3v) is 3.22. The highest BCUT2D eigenvalue weighted by Crippen LogP contribution is 2.20. The zero-order valence-corrected chi connectivity index (χ0v) is 10.3. The van der Waals surface area contributed by atoms with E-state index in [-0.39, 0.29) is 0 Å². The number of ether oxygens (including phenoxy) is 1. The van der Waals surface area contributed by atoms with Crippen LogP contribution in [-0.4, -0.2) is 24.2 Å². The van der Waals surface area contributed by atoms with Crippen LogP contribution in [0.4, 0.5) is 0 Å². The Morgan fingerprint density at radius 1 is 1.62 bits per heavy atom. The quantitative estimate of drug-likeness (QED) is 0.821. The van der Waals surface area contributed by atoms with Crippen molar-refractivity contribution in [2.24, 2.45) is 0 Å². The second-order valence-electron chi connectivity index (χ2n) is 4.08. The summed E-state index contributed by atoms with van der Waals surface area (Å²) in [5.41, 5.74) is 1.04. The average Bonchev–Trinajstić information content (AvgIpc) is 2.81. The van der Waals surface area contributed by atoms with Gasteiger partial charge in [0.05, 0.1) is 6.20 Å². The molecule has 0 aromatic carbocycles. The molecule has 0 spiro atoms. The molecule has 16 heavy (non-hydrogen) atoms. The molecule has 2 heterocycles. The summed E-state index contributed by atoms with van der Waals surface area (Å²) in [5, 5.41) is 3.97. The van der Waals surface area contributed by atoms with Crippen molar-refractivity contribution in [3.63, 3.8) is 0 Å². The van der Waals surface area contributed by atoms with Crippen molar-refractivity contribution in [3.8, 4) is 5.75 Å². The number of aromatic nitrogens is 1. The molecule has 3 nitrogen and oxygen atoms in total. The van der Waals surface area contributed by atoms with E-state index in [4.69, 9.17) is 16.3 Å². The summed E-state index contributed by atoms with van der Waals surface area (Å²) < 4.78 is 5.70. The Hall–Kier alpha value is -0.800. The first-order valence-corrected chi connectivity index (χ1v) is 6.18. The molecule has 4 heteroatoms. The number of halogens is 1. The SMILES string of the molecule is CCc1cc(OCC2CCCN2)cnc1Cl. The van der Waals surface area contributed by atoms with E-state index in [0.29, 0.717) is 17.8 Å². The highest BCUT2D eigenvalue weighted by molar-refractivity contribution is 6.30. The Morgan fingerprint density at radius 2 is 2.50 bits per heavy atom. The zero-order valence-electron chi connectivity index (χ0n) is 9.50. The topological polar surface area (TPSA) is 34.1 Å². The molecule has 1 saturated heterocycles. The van der Waals surface area contributed by atoms with Crippen LogP contribution >= 0.6 is 11.6 Å². The Kier molecular flexibility index (Phi) is 4.02. The minimum Gasteiger partial charge on any atom is -0.490 e. The molecule has 88 valence electrons. The van der Waals surface area contributed by atoms with Gasteiger partial charge in [0.15, 0.2) is 0 Å². The lowest BCUT2D eigenvalue weighted by Gasteiger charge is -2.12. The molecule has 0 amide bonds. The maximum Gasteiger partial charge on any atom is 0.138 e. The number of pyridine rings is 1. The van der Waals surface area contributed by atoms with Gasteiger partial charge in [-0.3, -0.25) is 0 Å². The van der Waals surface area contributed by atoms with Crippen molar-refractivity contribution in [1.29, 1.82) is 0 Å². The lowest BCUT2D eigenvalue weighted by Crippen LogP contribution is -2.28. The number of nitrogens with zero attached hydrogens (tertiary/aromatic N) is 1. The van der Waals surface area contributed by atoms with Gasteiger partial charge in [-0.05, 0) is 37.4 Å². The minimum absolute atomic E-state index is 0.487. The molecule has 1 aromatic rings. The molecule has 1 aromatic heterocycles. The Bertz CT molecular complexity index is 351. The predicted octanol–water partition coefficient (Wildman–Crippen LogP) is 2.43. The van der Waals surface area contributed by atoms with Crippen molar-refractivity contribution < 1.29 is 4.74 Å². The molecule has 0 saturated carbocycles. The van der Waals surface area contributed by atoms with Crippen LogP contribution in [0.25, 0.3) is 0 Å². The average molecular weight is 241 g/mol. The van der Waals surface area contributed by atoms with E-state index in [1.54, 1.807) is 6.20 Å². The van der Waals surface area contributed by atoms with Crippen LogP contribution in [0.2, 0.25) is 5.15 Å². The van der Waals surface area contributed by atoms with E-state index < -0.39 is 0 Å². The summed E-state index contributed by atoms with van der Waals surface area (Å²) in [5.74, 6) is 0.815. The highest BCUT2D eigenvalue weighted by atomic mass is 35.5. The fourth-order valence-electron chi connectivity index (χ4n) is 1.89. The minimum atomic E-state index is 0.487. The molecule has 1 atom stereocenters. The summed E-state index contributed by atoms with van der Waals surface area (Å²) in [4.78, 5) is 4.12. The molecule has 1 aliphatic heterocycles. The smallest absolute Gasteiger partial charge is 0.138 e. The lowest BCUT2D eigenvalue weighted by atomic mass is 10.2. The second kappa shape index (κ2) is 5.51. The van der Waals surface area contributed by atoms with Crippen LogP contribution < -0.4 is 10.1 Å². The predicted molar refractivity (Wildman–Crippen MR) is 65.1 cm³/mol. The van der Waals surface area contributed by atoms with Crippen LogP contribution in [0.3, 0.4) is 0 Å². The lowest BCUT2D eigenvalue weighted by molar-refractivity contribution is 0.276. The summed E-state index contributed by atoms with van der Waals surface area (Å²) in [6, 6.07) is 2.46. The van der Waals surface area contributed by atoms with E-state index in [0.717, 1.165) is 24.3 Å². The van der Waals surface area contributed by atoms with Crippen molar-refractivity contribution in [2.45, 2.75) is 32.2 Å². The van der Waals surface area contributed by atoms with Gasteiger partial charge >= 0.3 is 0 Å². The maximum absolute atomic E-state index is 5.94. The largest absolute Gasteiger partial charge is 0.490 e. The number of hydrogen-bond donors (Lipinski definition) is 1. The fraction of sp³-hybridized carbons (Fsp3) is 0.583. The Balaban J connectivity index is 1.93. The molecule has 1 unspecified atom stereocenters. The van der Waals surface area contributed by atoms with Crippen LogP contribution in [0, 0.1) is 0 Å². The summed E-state index contributed by atoms with van der Waals surface area (Å²) in [6.45, 7) is 3.88. The molecule has 2 rings (SSSR count). The molecule has 1 fully saturated rings. The van der Waals surface area contributed by atoms with Crippen molar-refractivity contribution in [3.05, 3.63) is 23.0 Å². The first-order chi connectivity index (χ1) is 7.79. The number of aryl methyl sites for hydroxylation is 1. The summed E-state index contributed by atoms with van der Waals surface area (Å²) in [7, 11) is 0. The van der Waals surface area contributed by atoms with Crippen molar-refractivity contribution >= 4 is 11.6 Å². The van der Waals surface area contributed by atoms with E-state index in [1.165, 1.54) is 12.8 Å². The van der Waals surface area contributed by atoms with Gasteiger partial charge in [-0.2, -0.15) is 0 Å². The highest BCUT2D eigenvalue weighted by Gasteiger charge is 2.14. The molecule has 1 N–H and O–H groups in total. The number of hydrogen-bond acceptors (Lipinski definition) is 3. The van der Waals surface area contributed by atoms with Gasteiger partial charge in [-0.25, -0.2) is 4.98 Å². The van der Waals surface area contributed by atoms with Gasteiger partial charge in [0, 0.05) is 6.04 Å². The Morgan fingerprint density at radius 3 is 3.19 bits per heavy atom. The first kappa shape index (κ1) is 11.7. The van der Waals surface area contributed by atoms with Crippen LogP contribution in [0.15, 0.2) is 12.3 Å². The van der Waals surface area contributed by atoms with Gasteiger partial charge in [-0.15, -0.1) is 0 Å². The monoisotopic (exact) mass is 240 g/mol. The second-order valence-corrected chi connectivity index (χ2v) is 4.44. The maximum atomic E-state index is 5.94. The van der Waals surface area contributed by atoms with Gasteiger partial charge < -0.3 is 10.1 Å². The third kappa shape index (κ3) is 2.86. The van der Waals surface area contributed by atoms with Gasteiger partial charge in [-0.1, -0.05) is 18.5 Å². The third-order valence-electron chi connectivity index (χ3n) is 2.88. The standard InChI is InChI=1S/C12H17ClN2O/c1-2-9-6-11(7-15-12(9)13)16-8-10-4-3-5-14-10/h6-7,10,14H,2-5,8H2,1H3. The molecule has 1 aliphatic rings. The van der Waals surface area contributed by atoms with Crippen molar-refractivity contribution in [1.82, 2.24) is 10.3 Å². The van der Waals surface area contributed by atoms with Gasteiger partial charge in [0.2, 0.25) is 0 Å². The summed E-state index contributed by atoms with van der Waals surface area (Å²) >= 11 is 5.94. The summed E-state index contributed by atoms with van der Waals surface area (Å²) in [6.07, 6.45) is 5.01. The Labute approximate surface area is 101 Å². The van der Waals surface area contributed by atoms with E-state index in [1.807, 2.05) is 6.07 Å². The molecule has 0 bridgehead atoms. The van der Waals surface area contributed by atoms with Crippen LogP contribution in [0.5, 0.6) is 5.75 Å². The van der Waals surface area contributed by atoms with E-state index >= 15 is 0 Å². The van der Waals surface area contributed by atoms with Crippen LogP contribution in [0.1, 0.15) is 25.3 Å². The fourth-order valence-corrected chi connectivity index (χ4v) is 2.13. The van der Waals surface area contributed by atoms with Gasteiger partial charge in [0.1, 0.15) is 17.5 Å². The van der Waals surface area contributed by atoms with Crippen molar-refractivity contribution in [2.75, 3.05) is 13.2 Å². The molecular weight excluding hydrogens is 224 g/mol. The van der Waals surface area contributed by atoms with E-state index in [2.05, 4.69) is 17.2 Å². The normalized spacial score (nSPS) is 20.0. The number of nitrogens with one attached hydrogen (secondary N) is 1. The number of rotatable bonds is 4. The van der Waals surface area contributed by atoms with E-state index in [9.17, 15) is 0 Å². The van der Waals surface area contributed by atoms with Gasteiger partial charge in [0.25, 0.3) is 0 Å². The molecular formula is C12H17ClN2O.